The van der Waals surface area contributed by atoms with E-state index >= 15 is 0 Å². The van der Waals surface area contributed by atoms with Crippen molar-refractivity contribution in [2.24, 2.45) is 0 Å². The van der Waals surface area contributed by atoms with E-state index in [-0.39, 0.29) is 19.0 Å². The zero-order valence-corrected chi connectivity index (χ0v) is 13.9. The number of hydrogen-bond donors (Lipinski definition) is 3. The highest BCUT2D eigenvalue weighted by Gasteiger charge is 2.36. The topological polar surface area (TPSA) is 105 Å². The lowest BCUT2D eigenvalue weighted by atomic mass is 10.0. The second-order valence-corrected chi connectivity index (χ2v) is 5.90. The summed E-state index contributed by atoms with van der Waals surface area (Å²) in [6, 6.07) is 0. The zero-order valence-electron chi connectivity index (χ0n) is 13.9. The van der Waals surface area contributed by atoms with E-state index in [2.05, 4.69) is 4.74 Å². The van der Waals surface area contributed by atoms with Gasteiger partial charge in [0.2, 0.25) is 0 Å². The second kappa shape index (κ2) is 11.8. The third-order valence-corrected chi connectivity index (χ3v) is 4.02. The number of aliphatic hydroxyl groups excluding tert-OH is 3. The smallest absolute Gasteiger partial charge is 0.305 e. The zero-order chi connectivity index (χ0) is 17.1. The van der Waals surface area contributed by atoms with E-state index in [1.54, 1.807) is 0 Å². The Kier molecular flexibility index (Phi) is 10.4. The normalized spacial score (nSPS) is 27.8. The van der Waals surface area contributed by atoms with Crippen molar-refractivity contribution in [1.82, 2.24) is 0 Å². The van der Waals surface area contributed by atoms with Gasteiger partial charge in [-0.25, -0.2) is 0 Å². The number of esters is 1. The van der Waals surface area contributed by atoms with Crippen LogP contribution in [0.1, 0.15) is 51.4 Å². The van der Waals surface area contributed by atoms with Crippen LogP contribution in [0.2, 0.25) is 0 Å². The molecule has 1 heterocycles. The summed E-state index contributed by atoms with van der Waals surface area (Å²) in [6.45, 7) is 0.178. The molecular formula is C16H30O7. The maximum absolute atomic E-state index is 10.9. The van der Waals surface area contributed by atoms with Crippen molar-refractivity contribution in [3.63, 3.8) is 0 Å². The standard InChI is InChI=1S/C16H30O7/c1-21-14(19)8-6-4-2-3-5-7-9-22-15-10-12(18)16(20)13(11-17)23-15/h12-13,15-18,20H,2-11H2,1H3/t12-,13-,15-,16+/m1/s1. The number of carbonyl (C=O) groups is 1. The molecule has 0 aromatic heterocycles. The fraction of sp³-hybridized carbons (Fsp3) is 0.938. The Morgan fingerprint density at radius 3 is 2.43 bits per heavy atom. The third kappa shape index (κ3) is 8.08. The number of aliphatic hydroxyl groups is 3. The molecule has 0 bridgehead atoms. The van der Waals surface area contributed by atoms with Gasteiger partial charge in [-0.05, 0) is 12.8 Å². The monoisotopic (exact) mass is 334 g/mol. The number of ether oxygens (including phenoxy) is 3. The predicted molar refractivity (Wildman–Crippen MR) is 82.7 cm³/mol. The molecule has 0 saturated carbocycles. The Labute approximate surface area is 137 Å². The molecule has 0 unspecified atom stereocenters. The Balaban J connectivity index is 1.97. The Hall–Kier alpha value is -0.730. The summed E-state index contributed by atoms with van der Waals surface area (Å²) in [5.74, 6) is -0.153. The highest BCUT2D eigenvalue weighted by molar-refractivity contribution is 5.68. The number of hydrogen-bond acceptors (Lipinski definition) is 7. The van der Waals surface area contributed by atoms with E-state index in [0.29, 0.717) is 13.0 Å². The van der Waals surface area contributed by atoms with Gasteiger partial charge in [-0.15, -0.1) is 0 Å². The minimum atomic E-state index is -1.06. The summed E-state index contributed by atoms with van der Waals surface area (Å²) in [7, 11) is 1.40. The molecular weight excluding hydrogens is 304 g/mol. The quantitative estimate of drug-likeness (QED) is 0.378. The van der Waals surface area contributed by atoms with Crippen LogP contribution < -0.4 is 0 Å². The lowest BCUT2D eigenvalue weighted by Gasteiger charge is -2.36. The molecule has 0 aromatic carbocycles. The first kappa shape index (κ1) is 20.3. The maximum Gasteiger partial charge on any atom is 0.305 e. The van der Waals surface area contributed by atoms with Crippen LogP contribution in [0.4, 0.5) is 0 Å². The average Bonchev–Trinajstić information content (AvgIpc) is 2.55. The van der Waals surface area contributed by atoms with Crippen LogP contribution in [0, 0.1) is 0 Å². The highest BCUT2D eigenvalue weighted by atomic mass is 16.7. The maximum atomic E-state index is 10.9. The van der Waals surface area contributed by atoms with Gasteiger partial charge < -0.3 is 29.5 Å². The first-order valence-electron chi connectivity index (χ1n) is 8.39. The summed E-state index contributed by atoms with van der Waals surface area (Å²) in [6.07, 6.45) is 3.29. The molecule has 0 spiro atoms. The molecule has 7 nitrogen and oxygen atoms in total. The largest absolute Gasteiger partial charge is 0.469 e. The summed E-state index contributed by atoms with van der Waals surface area (Å²) in [4.78, 5) is 10.9. The molecule has 136 valence electrons. The van der Waals surface area contributed by atoms with Crippen molar-refractivity contribution in [3.05, 3.63) is 0 Å². The third-order valence-electron chi connectivity index (χ3n) is 4.02. The van der Waals surface area contributed by atoms with Crippen molar-refractivity contribution in [1.29, 1.82) is 0 Å². The first-order valence-corrected chi connectivity index (χ1v) is 8.39. The Bertz CT molecular complexity index is 324. The fourth-order valence-electron chi connectivity index (χ4n) is 2.57. The summed E-state index contributed by atoms with van der Waals surface area (Å²) in [5, 5.41) is 28.4. The first-order chi connectivity index (χ1) is 11.1. The Morgan fingerprint density at radius 2 is 1.78 bits per heavy atom. The average molecular weight is 334 g/mol. The number of rotatable bonds is 11. The van der Waals surface area contributed by atoms with Crippen molar-refractivity contribution >= 4 is 5.97 Å². The van der Waals surface area contributed by atoms with E-state index < -0.39 is 24.6 Å². The predicted octanol–water partition coefficient (Wildman–Crippen LogP) is 0.736. The molecule has 23 heavy (non-hydrogen) atoms. The van der Waals surface area contributed by atoms with E-state index in [4.69, 9.17) is 14.6 Å². The van der Waals surface area contributed by atoms with Gasteiger partial charge in [-0.3, -0.25) is 4.79 Å². The van der Waals surface area contributed by atoms with Gasteiger partial charge in [0, 0.05) is 19.4 Å². The highest BCUT2D eigenvalue weighted by Crippen LogP contribution is 2.21. The molecule has 7 heteroatoms. The van der Waals surface area contributed by atoms with Crippen molar-refractivity contribution in [2.45, 2.75) is 76.0 Å². The minimum Gasteiger partial charge on any atom is -0.469 e. The summed E-state index contributed by atoms with van der Waals surface area (Å²) < 4.78 is 15.5. The van der Waals surface area contributed by atoms with Gasteiger partial charge >= 0.3 is 5.97 Å². The summed E-state index contributed by atoms with van der Waals surface area (Å²) >= 11 is 0. The van der Waals surface area contributed by atoms with Crippen molar-refractivity contribution < 1.29 is 34.3 Å². The van der Waals surface area contributed by atoms with Crippen LogP contribution in [-0.4, -0.2) is 66.2 Å². The molecule has 0 aromatic rings. The summed E-state index contributed by atoms with van der Waals surface area (Å²) in [5.41, 5.74) is 0. The van der Waals surface area contributed by atoms with Gasteiger partial charge in [0.1, 0.15) is 12.2 Å². The van der Waals surface area contributed by atoms with Gasteiger partial charge in [0.15, 0.2) is 6.29 Å². The van der Waals surface area contributed by atoms with Crippen LogP contribution in [-0.2, 0) is 19.0 Å². The van der Waals surface area contributed by atoms with Crippen molar-refractivity contribution in [3.8, 4) is 0 Å². The Morgan fingerprint density at radius 1 is 1.13 bits per heavy atom. The number of unbranched alkanes of at least 4 members (excludes halogenated alkanes) is 5. The molecule has 1 aliphatic rings. The SMILES string of the molecule is COC(=O)CCCCCCCCO[C@H]1C[C@@H](O)[C@H](O)[C@@H](CO)O1. The van der Waals surface area contributed by atoms with Crippen molar-refractivity contribution in [2.75, 3.05) is 20.3 Å². The van der Waals surface area contributed by atoms with Crippen LogP contribution >= 0.6 is 0 Å². The van der Waals surface area contributed by atoms with Gasteiger partial charge in [0.25, 0.3) is 0 Å². The molecule has 3 N–H and O–H groups in total. The molecule has 4 atom stereocenters. The lowest BCUT2D eigenvalue weighted by Crippen LogP contribution is -2.50. The van der Waals surface area contributed by atoms with Gasteiger partial charge in [0.05, 0.1) is 19.8 Å². The second-order valence-electron chi connectivity index (χ2n) is 5.90. The van der Waals surface area contributed by atoms with Gasteiger partial charge in [-0.1, -0.05) is 25.7 Å². The van der Waals surface area contributed by atoms with Gasteiger partial charge in [-0.2, -0.15) is 0 Å². The minimum absolute atomic E-state index is 0.153. The van der Waals surface area contributed by atoms with Crippen LogP contribution in [0.3, 0.4) is 0 Å². The molecule has 0 aliphatic carbocycles. The van der Waals surface area contributed by atoms with Crippen LogP contribution in [0.25, 0.3) is 0 Å². The number of methoxy groups -OCH3 is 1. The lowest BCUT2D eigenvalue weighted by molar-refractivity contribution is -0.256. The van der Waals surface area contributed by atoms with E-state index in [0.717, 1.165) is 38.5 Å². The fourth-order valence-corrected chi connectivity index (χ4v) is 2.57. The van der Waals surface area contributed by atoms with E-state index in [1.807, 2.05) is 0 Å². The molecule has 0 radical (unpaired) electrons. The molecule has 1 aliphatic heterocycles. The van der Waals surface area contributed by atoms with Crippen LogP contribution in [0.15, 0.2) is 0 Å². The molecule has 1 saturated heterocycles. The van der Waals surface area contributed by atoms with E-state index in [9.17, 15) is 15.0 Å². The molecule has 0 amide bonds. The van der Waals surface area contributed by atoms with Crippen LogP contribution in [0.5, 0.6) is 0 Å². The number of carbonyl (C=O) groups excluding carboxylic acids is 1. The van der Waals surface area contributed by atoms with E-state index in [1.165, 1.54) is 7.11 Å². The molecule has 1 fully saturated rings. The molecule has 1 rings (SSSR count).